The average molecular weight is 357 g/mol. The molecule has 1 N–H and O–H groups in total. The number of nitrogens with zero attached hydrogens (tertiary/aromatic N) is 2. The Kier molecular flexibility index (Phi) is 3.92. The molecule has 2 aliphatic heterocycles. The molecule has 114 valence electrons. The van der Waals surface area contributed by atoms with Crippen LogP contribution in [0.3, 0.4) is 0 Å². The molecule has 2 heterocycles. The minimum atomic E-state index is -1.12. The van der Waals surface area contributed by atoms with Gasteiger partial charge in [0.1, 0.15) is 0 Å². The number of fused-ring (bicyclic) bond motifs is 2. The summed E-state index contributed by atoms with van der Waals surface area (Å²) in [5, 5.41) is 9.04. The largest absolute Gasteiger partial charge is 0.478 e. The monoisotopic (exact) mass is 356 g/mol. The Hall–Kier alpha value is -1.14. The second-order valence-corrected chi connectivity index (χ2v) is 6.64. The summed E-state index contributed by atoms with van der Waals surface area (Å²) in [6.45, 7) is 1.60. The summed E-state index contributed by atoms with van der Waals surface area (Å²) in [6.07, 6.45) is 3.39. The second-order valence-electron chi connectivity index (χ2n) is 5.85. The van der Waals surface area contributed by atoms with Crippen LogP contribution in [0.25, 0.3) is 0 Å². The fourth-order valence-electron chi connectivity index (χ4n) is 3.48. The molecule has 0 aliphatic carbocycles. The van der Waals surface area contributed by atoms with Crippen LogP contribution in [0.1, 0.15) is 29.6 Å². The minimum Gasteiger partial charge on any atom is -0.478 e. The van der Waals surface area contributed by atoms with Crippen LogP contribution in [-0.2, 0) is 0 Å². The van der Waals surface area contributed by atoms with Gasteiger partial charge in [-0.2, -0.15) is 0 Å². The van der Waals surface area contributed by atoms with Crippen molar-refractivity contribution in [3.05, 3.63) is 28.0 Å². The number of benzene rings is 1. The molecule has 6 heteroatoms. The molecule has 1 aromatic carbocycles. The van der Waals surface area contributed by atoms with Crippen LogP contribution < -0.4 is 4.90 Å². The van der Waals surface area contributed by atoms with Crippen LogP contribution in [0.2, 0.25) is 0 Å². The van der Waals surface area contributed by atoms with Crippen LogP contribution >= 0.6 is 15.9 Å². The van der Waals surface area contributed by atoms with E-state index in [0.717, 1.165) is 25.9 Å². The van der Waals surface area contributed by atoms with Crippen molar-refractivity contribution in [2.24, 2.45) is 0 Å². The molecule has 2 unspecified atom stereocenters. The lowest BCUT2D eigenvalue weighted by Crippen LogP contribution is -2.37. The van der Waals surface area contributed by atoms with Gasteiger partial charge in [-0.3, -0.25) is 4.90 Å². The second kappa shape index (κ2) is 5.57. The standard InChI is InChI=1S/C15H18BrFN2O2/c1-18-9-2-3-10(18)8-19(7-6-9)12-5-4-11(15(20)21)13(16)14(12)17/h4-5,9-10H,2-3,6-8H2,1H3,(H,20,21). The average Bonchev–Trinajstić information content (AvgIpc) is 2.67. The molecule has 4 nitrogen and oxygen atoms in total. The maximum absolute atomic E-state index is 14.5. The highest BCUT2D eigenvalue weighted by Crippen LogP contribution is 2.34. The van der Waals surface area contributed by atoms with Crippen molar-refractivity contribution in [3.8, 4) is 0 Å². The lowest BCUT2D eigenvalue weighted by atomic mass is 10.1. The maximum Gasteiger partial charge on any atom is 0.336 e. The first kappa shape index (κ1) is 14.8. The van der Waals surface area contributed by atoms with E-state index in [2.05, 4.69) is 27.9 Å². The predicted molar refractivity (Wildman–Crippen MR) is 82.5 cm³/mol. The zero-order chi connectivity index (χ0) is 15.1. The summed E-state index contributed by atoms with van der Waals surface area (Å²) >= 11 is 3.08. The van der Waals surface area contributed by atoms with Gasteiger partial charge < -0.3 is 10.0 Å². The molecule has 0 radical (unpaired) electrons. The molecule has 0 spiro atoms. The van der Waals surface area contributed by atoms with Crippen LogP contribution in [0.15, 0.2) is 16.6 Å². The summed E-state index contributed by atoms with van der Waals surface area (Å²) in [6, 6.07) is 4.10. The zero-order valence-electron chi connectivity index (χ0n) is 11.9. The molecule has 0 aromatic heterocycles. The van der Waals surface area contributed by atoms with E-state index in [1.165, 1.54) is 12.5 Å². The Morgan fingerprint density at radius 3 is 2.76 bits per heavy atom. The fraction of sp³-hybridized carbons (Fsp3) is 0.533. The van der Waals surface area contributed by atoms with E-state index < -0.39 is 11.8 Å². The van der Waals surface area contributed by atoms with E-state index in [9.17, 15) is 9.18 Å². The van der Waals surface area contributed by atoms with Crippen molar-refractivity contribution in [2.75, 3.05) is 25.0 Å². The number of hydrogen-bond donors (Lipinski definition) is 1. The molecule has 3 rings (SSSR count). The Balaban J connectivity index is 1.91. The van der Waals surface area contributed by atoms with E-state index in [0.29, 0.717) is 17.8 Å². The maximum atomic E-state index is 14.5. The number of rotatable bonds is 2. The van der Waals surface area contributed by atoms with E-state index in [1.54, 1.807) is 6.07 Å². The van der Waals surface area contributed by atoms with Crippen LogP contribution in [0, 0.1) is 5.82 Å². The summed E-state index contributed by atoms with van der Waals surface area (Å²) in [7, 11) is 2.14. The normalized spacial score (nSPS) is 26.0. The number of carboxylic acid groups (broad SMARTS) is 1. The van der Waals surface area contributed by atoms with Gasteiger partial charge in [0, 0.05) is 25.2 Å². The first-order valence-electron chi connectivity index (χ1n) is 7.17. The highest BCUT2D eigenvalue weighted by Gasteiger charge is 2.35. The molecule has 2 saturated heterocycles. The Morgan fingerprint density at radius 1 is 1.33 bits per heavy atom. The lowest BCUT2D eigenvalue weighted by Gasteiger charge is -2.28. The molecule has 2 atom stereocenters. The Bertz CT molecular complexity index is 581. The minimum absolute atomic E-state index is 0.0373. The number of anilines is 1. The van der Waals surface area contributed by atoms with Crippen molar-refractivity contribution in [2.45, 2.75) is 31.3 Å². The third kappa shape index (κ3) is 2.55. The number of aromatic carboxylic acids is 1. The summed E-state index contributed by atoms with van der Waals surface area (Å²) < 4.78 is 14.6. The third-order valence-electron chi connectivity index (χ3n) is 4.78. The first-order valence-corrected chi connectivity index (χ1v) is 7.96. The molecular weight excluding hydrogens is 339 g/mol. The van der Waals surface area contributed by atoms with Gasteiger partial charge in [0.15, 0.2) is 5.82 Å². The van der Waals surface area contributed by atoms with Crippen molar-refractivity contribution in [3.63, 3.8) is 0 Å². The quantitative estimate of drug-likeness (QED) is 0.884. The zero-order valence-corrected chi connectivity index (χ0v) is 13.4. The van der Waals surface area contributed by atoms with Gasteiger partial charge in [0.25, 0.3) is 0 Å². The van der Waals surface area contributed by atoms with Gasteiger partial charge in [-0.15, -0.1) is 0 Å². The molecule has 21 heavy (non-hydrogen) atoms. The highest BCUT2D eigenvalue weighted by atomic mass is 79.9. The third-order valence-corrected chi connectivity index (χ3v) is 5.56. The van der Waals surface area contributed by atoms with Gasteiger partial charge in [0.05, 0.1) is 15.7 Å². The molecular formula is C15H18BrFN2O2. The molecule has 2 fully saturated rings. The summed E-state index contributed by atoms with van der Waals surface area (Å²) in [5.41, 5.74) is 0.456. The van der Waals surface area contributed by atoms with Crippen LogP contribution in [-0.4, -0.2) is 48.2 Å². The van der Waals surface area contributed by atoms with E-state index >= 15 is 0 Å². The number of halogens is 2. The van der Waals surface area contributed by atoms with Crippen LogP contribution in [0.4, 0.5) is 10.1 Å². The van der Waals surface area contributed by atoms with Gasteiger partial charge >= 0.3 is 5.97 Å². The summed E-state index contributed by atoms with van der Waals surface area (Å²) in [5.74, 6) is -1.60. The SMILES string of the molecule is CN1C2CCC1CN(c1ccc(C(=O)O)c(Br)c1F)CC2. The molecule has 1 aromatic rings. The van der Waals surface area contributed by atoms with E-state index in [4.69, 9.17) is 5.11 Å². The fourth-order valence-corrected chi connectivity index (χ4v) is 3.98. The highest BCUT2D eigenvalue weighted by molar-refractivity contribution is 9.10. The van der Waals surface area contributed by atoms with Crippen molar-refractivity contribution < 1.29 is 14.3 Å². The number of likely N-dealkylation sites (N-methyl/N-ethyl adjacent to an activating group) is 1. The Morgan fingerprint density at radius 2 is 2.05 bits per heavy atom. The smallest absolute Gasteiger partial charge is 0.336 e. The summed E-state index contributed by atoms with van der Waals surface area (Å²) in [4.78, 5) is 15.5. The molecule has 0 amide bonds. The van der Waals surface area contributed by atoms with Crippen molar-refractivity contribution >= 4 is 27.6 Å². The van der Waals surface area contributed by atoms with Crippen molar-refractivity contribution in [1.29, 1.82) is 0 Å². The van der Waals surface area contributed by atoms with Gasteiger partial charge in [-0.1, -0.05) is 0 Å². The number of carboxylic acids is 1. The number of carbonyl (C=O) groups is 1. The molecule has 0 saturated carbocycles. The molecule has 2 bridgehead atoms. The topological polar surface area (TPSA) is 43.8 Å². The Labute approximate surface area is 131 Å². The van der Waals surface area contributed by atoms with Gasteiger partial charge in [0.2, 0.25) is 0 Å². The number of hydrogen-bond acceptors (Lipinski definition) is 3. The van der Waals surface area contributed by atoms with Crippen LogP contribution in [0.5, 0.6) is 0 Å². The first-order chi connectivity index (χ1) is 9.99. The van der Waals surface area contributed by atoms with Crippen molar-refractivity contribution in [1.82, 2.24) is 4.90 Å². The van der Waals surface area contributed by atoms with E-state index in [1.807, 2.05) is 4.90 Å². The van der Waals surface area contributed by atoms with E-state index in [-0.39, 0.29) is 10.0 Å². The van der Waals surface area contributed by atoms with Gasteiger partial charge in [-0.25, -0.2) is 9.18 Å². The lowest BCUT2D eigenvalue weighted by molar-refractivity contribution is 0.0695. The molecule has 2 aliphatic rings. The predicted octanol–water partition coefficient (Wildman–Crippen LogP) is 2.96. The van der Waals surface area contributed by atoms with Gasteiger partial charge in [-0.05, 0) is 54.4 Å².